The third kappa shape index (κ3) is 4.58. The first-order chi connectivity index (χ1) is 25.8. The third-order valence-corrected chi connectivity index (χ3v) is 14.3. The Bertz CT molecular complexity index is 2210. The Balaban J connectivity index is 1.18. The third-order valence-electron chi connectivity index (χ3n) is 14.3. The predicted octanol–water partition coefficient (Wildman–Crippen LogP) is 11.5. The molecule has 0 amide bonds. The van der Waals surface area contributed by atoms with Crippen molar-refractivity contribution in [3.8, 4) is 5.69 Å². The minimum Gasteiger partial charge on any atom is -0.370 e. The van der Waals surface area contributed by atoms with Crippen molar-refractivity contribution in [2.75, 3.05) is 0 Å². The topological polar surface area (TPSA) is 23.4 Å². The predicted molar refractivity (Wildman–Crippen MR) is 212 cm³/mol. The van der Waals surface area contributed by atoms with E-state index < -0.39 is 0 Å². The van der Waals surface area contributed by atoms with E-state index in [4.69, 9.17) is 9.47 Å². The lowest BCUT2D eigenvalue weighted by Gasteiger charge is -2.67. The molecule has 2 aliphatic heterocycles. The molecule has 9 unspecified atom stereocenters. The second-order valence-electron chi connectivity index (χ2n) is 16.7. The quantitative estimate of drug-likeness (QED) is 0.215. The Hall–Kier alpha value is -4.18. The normalized spacial score (nSPS) is 35.2. The number of ether oxygens (including phenoxy) is 2. The van der Waals surface area contributed by atoms with E-state index in [9.17, 15) is 0 Å². The maximum Gasteiger partial charge on any atom is 0.0837 e. The number of hydrogen-bond acceptors (Lipinski definition) is 2. The van der Waals surface area contributed by atoms with Crippen molar-refractivity contribution >= 4 is 27.4 Å². The summed E-state index contributed by atoms with van der Waals surface area (Å²) in [6.07, 6.45) is 36.4. The molecule has 0 radical (unpaired) electrons. The van der Waals surface area contributed by atoms with Crippen molar-refractivity contribution in [2.24, 2.45) is 35.0 Å². The van der Waals surface area contributed by atoms with Crippen molar-refractivity contribution in [1.29, 1.82) is 0 Å². The smallest absolute Gasteiger partial charge is 0.0837 e. The molecule has 4 fully saturated rings. The zero-order valence-corrected chi connectivity index (χ0v) is 30.0. The number of rotatable bonds is 3. The van der Waals surface area contributed by atoms with Crippen LogP contribution in [-0.2, 0) is 9.47 Å². The summed E-state index contributed by atoms with van der Waals surface area (Å²) in [6.45, 7) is 0. The summed E-state index contributed by atoms with van der Waals surface area (Å²) in [4.78, 5) is 0. The number of benzene rings is 3. The molecule has 7 aliphatic rings. The van der Waals surface area contributed by atoms with Crippen molar-refractivity contribution in [3.63, 3.8) is 0 Å². The van der Waals surface area contributed by atoms with Gasteiger partial charge in [-0.05, 0) is 66.9 Å². The number of allylic oxidation sites excluding steroid dienone is 6. The van der Waals surface area contributed by atoms with Gasteiger partial charge in [0, 0.05) is 45.2 Å². The molecule has 9 atom stereocenters. The second kappa shape index (κ2) is 12.5. The van der Waals surface area contributed by atoms with Crippen LogP contribution in [-0.4, -0.2) is 29.0 Å². The monoisotopic (exact) mass is 683 g/mol. The van der Waals surface area contributed by atoms with Crippen molar-refractivity contribution in [2.45, 2.75) is 82.2 Å². The SMILES string of the molecule is C1=CC2OC3C=CC(C4CCCCC4)=CC3C3(C2C=C1)C1CCCCC1OC1C=CC=C(c2cccc4c5ccccc5n(-c5ccccc5)c24)C13. The highest BCUT2D eigenvalue weighted by molar-refractivity contribution is 6.12. The highest BCUT2D eigenvalue weighted by atomic mass is 16.5. The largest absolute Gasteiger partial charge is 0.370 e. The van der Waals surface area contributed by atoms with Gasteiger partial charge in [0.2, 0.25) is 0 Å². The van der Waals surface area contributed by atoms with Crippen LogP contribution in [0.3, 0.4) is 0 Å². The first kappa shape index (κ1) is 31.4. The minimum absolute atomic E-state index is 0.0142. The van der Waals surface area contributed by atoms with Gasteiger partial charge in [-0.25, -0.2) is 0 Å². The van der Waals surface area contributed by atoms with E-state index >= 15 is 0 Å². The molecule has 3 aromatic carbocycles. The van der Waals surface area contributed by atoms with Gasteiger partial charge in [-0.3, -0.25) is 0 Å². The van der Waals surface area contributed by atoms with Gasteiger partial charge in [0.1, 0.15) is 0 Å². The van der Waals surface area contributed by atoms with Crippen LogP contribution in [0.5, 0.6) is 0 Å². The average Bonchev–Trinajstić information content (AvgIpc) is 3.56. The van der Waals surface area contributed by atoms with E-state index in [-0.39, 0.29) is 47.6 Å². The van der Waals surface area contributed by atoms with E-state index in [1.165, 1.54) is 90.0 Å². The number of fused-ring (bicyclic) bond motifs is 11. The zero-order chi connectivity index (χ0) is 34.2. The Kier molecular flexibility index (Phi) is 7.51. The maximum atomic E-state index is 7.41. The number of hydrogen-bond donors (Lipinski definition) is 0. The molecule has 2 saturated heterocycles. The first-order valence-electron chi connectivity index (χ1n) is 20.3. The molecular formula is C49H49NO2. The van der Waals surface area contributed by atoms with Crippen LogP contribution in [0.2, 0.25) is 0 Å². The van der Waals surface area contributed by atoms with Crippen LogP contribution < -0.4 is 0 Å². The maximum absolute atomic E-state index is 7.41. The lowest BCUT2D eigenvalue weighted by molar-refractivity contribution is -0.248. The van der Waals surface area contributed by atoms with Gasteiger partial charge in [0.05, 0.1) is 35.4 Å². The van der Waals surface area contributed by atoms with E-state index in [2.05, 4.69) is 138 Å². The van der Waals surface area contributed by atoms with E-state index in [1.54, 1.807) is 5.57 Å². The summed E-state index contributed by atoms with van der Waals surface area (Å²) >= 11 is 0. The van der Waals surface area contributed by atoms with Gasteiger partial charge >= 0.3 is 0 Å². The lowest BCUT2D eigenvalue weighted by atomic mass is 9.43. The highest BCUT2D eigenvalue weighted by Gasteiger charge is 2.67. The van der Waals surface area contributed by atoms with E-state index in [0.29, 0.717) is 11.8 Å². The Labute approximate surface area is 308 Å². The number of para-hydroxylation sites is 3. The lowest BCUT2D eigenvalue weighted by Crippen LogP contribution is -2.68. The molecule has 5 aliphatic carbocycles. The molecule has 4 aromatic rings. The van der Waals surface area contributed by atoms with Crippen molar-refractivity contribution in [3.05, 3.63) is 145 Å². The molecule has 3 heteroatoms. The minimum atomic E-state index is -0.0735. The fraction of sp³-hybridized carbons (Fsp3) is 0.388. The Morgan fingerprint density at radius 1 is 0.615 bits per heavy atom. The molecule has 262 valence electrons. The first-order valence-corrected chi connectivity index (χ1v) is 20.3. The van der Waals surface area contributed by atoms with Gasteiger partial charge in [-0.15, -0.1) is 0 Å². The van der Waals surface area contributed by atoms with Crippen LogP contribution in [0, 0.1) is 35.0 Å². The van der Waals surface area contributed by atoms with Crippen LogP contribution in [0.1, 0.15) is 63.4 Å². The molecule has 11 rings (SSSR count). The molecule has 52 heavy (non-hydrogen) atoms. The van der Waals surface area contributed by atoms with Crippen molar-refractivity contribution in [1.82, 2.24) is 4.57 Å². The van der Waals surface area contributed by atoms with Gasteiger partial charge in [0.15, 0.2) is 0 Å². The summed E-state index contributed by atoms with van der Waals surface area (Å²) in [5, 5.41) is 2.62. The van der Waals surface area contributed by atoms with Gasteiger partial charge < -0.3 is 14.0 Å². The zero-order valence-electron chi connectivity index (χ0n) is 30.0. The number of aromatic nitrogens is 1. The summed E-state index contributed by atoms with van der Waals surface area (Å²) in [6, 6.07) is 27.0. The van der Waals surface area contributed by atoms with E-state index in [1.807, 2.05) is 0 Å². The number of nitrogens with zero attached hydrogens (tertiary/aromatic N) is 1. The van der Waals surface area contributed by atoms with Crippen LogP contribution in [0.25, 0.3) is 33.1 Å². The highest BCUT2D eigenvalue weighted by Crippen LogP contribution is 2.68. The molecule has 1 aromatic heterocycles. The van der Waals surface area contributed by atoms with E-state index in [0.717, 1.165) is 6.42 Å². The summed E-state index contributed by atoms with van der Waals surface area (Å²) < 4.78 is 17.1. The fourth-order valence-electron chi connectivity index (χ4n) is 12.4. The molecule has 1 spiro atoms. The molecule has 0 bridgehead atoms. The average molecular weight is 684 g/mol. The molecule has 3 heterocycles. The molecular weight excluding hydrogens is 635 g/mol. The summed E-state index contributed by atoms with van der Waals surface area (Å²) in [7, 11) is 0. The second-order valence-corrected chi connectivity index (χ2v) is 16.7. The standard InChI is InChI=1S/C49H49NO2/c1-3-15-32(16-4-1)33-29-30-45-41(31-33)49(39-23-8-11-26-43(39)51-45)40-24-9-12-27-44(40)52-46-28-14-20-36(47(46)49)38-22-13-21-37-35-19-7-10-25-42(35)50(48(37)38)34-17-5-2-6-18-34/h2,5-8,10-11,13-14,17-23,25-26,28-32,39-41,43-47H,1,3-4,9,12,15-16,24,27H2. The van der Waals surface area contributed by atoms with Gasteiger partial charge in [-0.2, -0.15) is 0 Å². The molecule has 2 saturated carbocycles. The Morgan fingerprint density at radius 3 is 2.31 bits per heavy atom. The molecule has 0 N–H and O–H groups in total. The summed E-state index contributed by atoms with van der Waals surface area (Å²) in [5.41, 5.74) is 8.05. The molecule has 3 nitrogen and oxygen atoms in total. The Morgan fingerprint density at radius 2 is 1.38 bits per heavy atom. The van der Waals surface area contributed by atoms with Crippen LogP contribution in [0.4, 0.5) is 0 Å². The van der Waals surface area contributed by atoms with Crippen LogP contribution in [0.15, 0.2) is 139 Å². The summed E-state index contributed by atoms with van der Waals surface area (Å²) in [5.74, 6) is 1.84. The van der Waals surface area contributed by atoms with Gasteiger partial charge in [-0.1, -0.05) is 147 Å². The van der Waals surface area contributed by atoms with Crippen LogP contribution >= 0.6 is 0 Å². The van der Waals surface area contributed by atoms with Gasteiger partial charge in [0.25, 0.3) is 0 Å². The van der Waals surface area contributed by atoms with Crippen molar-refractivity contribution < 1.29 is 9.47 Å². The fourth-order valence-corrected chi connectivity index (χ4v) is 12.4.